The zero-order chi connectivity index (χ0) is 17.2. The van der Waals surface area contributed by atoms with E-state index < -0.39 is 10.7 Å². The van der Waals surface area contributed by atoms with E-state index in [9.17, 15) is 15.4 Å². The van der Waals surface area contributed by atoms with Crippen LogP contribution in [0.1, 0.15) is 18.9 Å². The zero-order valence-corrected chi connectivity index (χ0v) is 13.1. The predicted octanol–water partition coefficient (Wildman–Crippen LogP) is 2.58. The molecule has 124 valence electrons. The van der Waals surface area contributed by atoms with E-state index in [-0.39, 0.29) is 5.69 Å². The lowest BCUT2D eigenvalue weighted by Gasteiger charge is -2.22. The molecule has 1 fully saturated rings. The van der Waals surface area contributed by atoms with Crippen LogP contribution in [0.2, 0.25) is 0 Å². The molecule has 1 aromatic heterocycles. The third-order valence-electron chi connectivity index (χ3n) is 3.91. The number of rotatable bonds is 5. The largest absolute Gasteiger partial charge is 0.370 e. The molecule has 0 aliphatic carbocycles. The molecule has 2 heterocycles. The summed E-state index contributed by atoms with van der Waals surface area (Å²) in [6.07, 6.45) is 0.634. The van der Waals surface area contributed by atoms with Crippen LogP contribution in [-0.2, 0) is 9.47 Å². The fourth-order valence-electron chi connectivity index (χ4n) is 2.63. The van der Waals surface area contributed by atoms with Gasteiger partial charge < -0.3 is 14.8 Å². The molecule has 1 aliphatic rings. The number of nitriles is 1. The van der Waals surface area contributed by atoms with Gasteiger partial charge in [-0.1, -0.05) is 0 Å². The highest BCUT2D eigenvalue weighted by atomic mass is 16.7. The molecular weight excluding hydrogens is 312 g/mol. The maximum atomic E-state index is 10.9. The molecular formula is C16H16N4O4. The monoisotopic (exact) mass is 328 g/mol. The minimum Gasteiger partial charge on any atom is -0.370 e. The third kappa shape index (κ3) is 3.27. The summed E-state index contributed by atoms with van der Waals surface area (Å²) in [5.41, 5.74) is 0.803. The number of fused-ring (bicyclic) bond motifs is 1. The van der Waals surface area contributed by atoms with Crippen molar-refractivity contribution in [3.63, 3.8) is 0 Å². The first-order valence-electron chi connectivity index (χ1n) is 7.52. The Labute approximate surface area is 138 Å². The van der Waals surface area contributed by atoms with Crippen LogP contribution in [0.4, 0.5) is 11.5 Å². The second-order valence-electron chi connectivity index (χ2n) is 5.63. The van der Waals surface area contributed by atoms with Gasteiger partial charge in [0.2, 0.25) is 0 Å². The Balaban J connectivity index is 1.80. The van der Waals surface area contributed by atoms with E-state index in [1.807, 2.05) is 6.92 Å². The Hall–Kier alpha value is -2.76. The second-order valence-corrected chi connectivity index (χ2v) is 5.63. The van der Waals surface area contributed by atoms with Crippen molar-refractivity contribution in [3.8, 4) is 6.07 Å². The number of ether oxygens (including phenoxy) is 2. The molecule has 3 rings (SSSR count). The number of hydrogen-bond donors (Lipinski definition) is 1. The highest BCUT2D eigenvalue weighted by Crippen LogP contribution is 2.26. The molecule has 0 bridgehead atoms. The summed E-state index contributed by atoms with van der Waals surface area (Å²) in [4.78, 5) is 14.8. The lowest BCUT2D eigenvalue weighted by molar-refractivity contribution is -0.384. The Morgan fingerprint density at radius 3 is 2.83 bits per heavy atom. The van der Waals surface area contributed by atoms with Gasteiger partial charge in [-0.3, -0.25) is 10.1 Å². The number of nitro benzene ring substituents is 1. The third-order valence-corrected chi connectivity index (χ3v) is 3.91. The van der Waals surface area contributed by atoms with Gasteiger partial charge in [0, 0.05) is 30.5 Å². The maximum absolute atomic E-state index is 10.9. The summed E-state index contributed by atoms with van der Waals surface area (Å²) in [7, 11) is 0. The first kappa shape index (κ1) is 16.1. The number of pyridine rings is 1. The normalized spacial score (nSPS) is 16.0. The number of anilines is 1. The number of hydrogen-bond acceptors (Lipinski definition) is 7. The number of non-ortho nitro benzene ring substituents is 1. The molecule has 0 amide bonds. The van der Waals surface area contributed by atoms with Crippen molar-refractivity contribution >= 4 is 22.4 Å². The number of benzene rings is 1. The number of nitrogens with zero attached hydrogens (tertiary/aromatic N) is 3. The molecule has 8 nitrogen and oxygen atoms in total. The molecule has 24 heavy (non-hydrogen) atoms. The zero-order valence-electron chi connectivity index (χ0n) is 13.1. The fourth-order valence-corrected chi connectivity index (χ4v) is 2.63. The summed E-state index contributed by atoms with van der Waals surface area (Å²) in [5.74, 6) is -0.0581. The van der Waals surface area contributed by atoms with Gasteiger partial charge in [-0.2, -0.15) is 5.26 Å². The maximum Gasteiger partial charge on any atom is 0.270 e. The first-order chi connectivity index (χ1) is 11.5. The van der Waals surface area contributed by atoms with Gasteiger partial charge in [0.25, 0.3) is 5.69 Å². The van der Waals surface area contributed by atoms with E-state index in [2.05, 4.69) is 16.4 Å². The lowest BCUT2D eigenvalue weighted by atomic mass is 10.1. The van der Waals surface area contributed by atoms with Crippen molar-refractivity contribution < 1.29 is 14.4 Å². The van der Waals surface area contributed by atoms with E-state index in [0.717, 1.165) is 0 Å². The number of nitro groups is 1. The van der Waals surface area contributed by atoms with Gasteiger partial charge in [0.05, 0.1) is 35.3 Å². The van der Waals surface area contributed by atoms with Crippen LogP contribution in [0.15, 0.2) is 24.3 Å². The van der Waals surface area contributed by atoms with Crippen molar-refractivity contribution in [1.82, 2.24) is 4.98 Å². The van der Waals surface area contributed by atoms with Crippen molar-refractivity contribution in [2.75, 3.05) is 25.1 Å². The van der Waals surface area contributed by atoms with Gasteiger partial charge >= 0.3 is 0 Å². The summed E-state index contributed by atoms with van der Waals surface area (Å²) >= 11 is 0. The Kier molecular flexibility index (Phi) is 4.29. The molecule has 1 aliphatic heterocycles. The van der Waals surface area contributed by atoms with Crippen LogP contribution < -0.4 is 5.32 Å². The first-order valence-corrected chi connectivity index (χ1v) is 7.52. The van der Waals surface area contributed by atoms with E-state index in [1.165, 1.54) is 12.1 Å². The van der Waals surface area contributed by atoms with Crippen molar-refractivity contribution in [1.29, 1.82) is 5.26 Å². The second kappa shape index (κ2) is 6.39. The van der Waals surface area contributed by atoms with Gasteiger partial charge in [-0.05, 0) is 19.1 Å². The van der Waals surface area contributed by atoms with Gasteiger partial charge in [0.15, 0.2) is 5.79 Å². The van der Waals surface area contributed by atoms with E-state index in [1.54, 1.807) is 12.1 Å². The van der Waals surface area contributed by atoms with Crippen LogP contribution in [-0.4, -0.2) is 35.5 Å². The minimum absolute atomic E-state index is 0.0648. The SMILES string of the molecule is CC1(CCNc2cc(C#N)c3cc([N+](=O)[O-])ccc3n2)OCCO1. The topological polar surface area (TPSA) is 110 Å². The molecule has 1 aromatic carbocycles. The molecule has 0 radical (unpaired) electrons. The molecule has 1 N–H and O–H groups in total. The Bertz CT molecular complexity index is 825. The van der Waals surface area contributed by atoms with Crippen molar-refractivity contribution in [2.24, 2.45) is 0 Å². The van der Waals surface area contributed by atoms with Gasteiger partial charge in [-0.15, -0.1) is 0 Å². The van der Waals surface area contributed by atoms with E-state index in [4.69, 9.17) is 9.47 Å². The molecule has 1 saturated heterocycles. The average molecular weight is 328 g/mol. The van der Waals surface area contributed by atoms with Crippen LogP contribution in [0.3, 0.4) is 0 Å². The Morgan fingerprint density at radius 1 is 1.42 bits per heavy atom. The smallest absolute Gasteiger partial charge is 0.270 e. The molecule has 0 spiro atoms. The fraction of sp³-hybridized carbons (Fsp3) is 0.375. The molecule has 8 heteroatoms. The number of aromatic nitrogens is 1. The lowest BCUT2D eigenvalue weighted by Crippen LogP contribution is -2.28. The van der Waals surface area contributed by atoms with Crippen LogP contribution in [0, 0.1) is 21.4 Å². The minimum atomic E-state index is -0.595. The summed E-state index contributed by atoms with van der Waals surface area (Å²) in [6, 6.07) is 7.94. The quantitative estimate of drug-likeness (QED) is 0.663. The highest BCUT2D eigenvalue weighted by molar-refractivity contribution is 5.88. The molecule has 2 aromatic rings. The number of nitrogens with one attached hydrogen (secondary N) is 1. The van der Waals surface area contributed by atoms with Crippen LogP contribution in [0.5, 0.6) is 0 Å². The van der Waals surface area contributed by atoms with Gasteiger partial charge in [0.1, 0.15) is 5.82 Å². The molecule has 0 unspecified atom stereocenters. The average Bonchev–Trinajstić information content (AvgIpc) is 3.00. The van der Waals surface area contributed by atoms with Gasteiger partial charge in [-0.25, -0.2) is 4.98 Å². The molecule has 0 atom stereocenters. The highest BCUT2D eigenvalue weighted by Gasteiger charge is 2.30. The standard InChI is InChI=1S/C16H16N4O4/c1-16(23-6-7-24-16)4-5-18-15-8-11(10-17)13-9-12(20(21)22)2-3-14(13)19-15/h2-3,8-9H,4-7H2,1H3,(H,18,19). The summed E-state index contributed by atoms with van der Waals surface area (Å²) in [6.45, 7) is 3.62. The van der Waals surface area contributed by atoms with E-state index >= 15 is 0 Å². The summed E-state index contributed by atoms with van der Waals surface area (Å²) < 4.78 is 11.1. The van der Waals surface area contributed by atoms with Crippen LogP contribution in [0.25, 0.3) is 10.9 Å². The predicted molar refractivity (Wildman–Crippen MR) is 86.5 cm³/mol. The molecule has 0 saturated carbocycles. The summed E-state index contributed by atoms with van der Waals surface area (Å²) in [5, 5.41) is 23.8. The van der Waals surface area contributed by atoms with Crippen molar-refractivity contribution in [2.45, 2.75) is 19.1 Å². The Morgan fingerprint density at radius 2 is 2.17 bits per heavy atom. The van der Waals surface area contributed by atoms with E-state index in [0.29, 0.717) is 48.5 Å². The van der Waals surface area contributed by atoms with Crippen LogP contribution >= 0.6 is 0 Å². The van der Waals surface area contributed by atoms with Crippen molar-refractivity contribution in [3.05, 3.63) is 39.9 Å².